The van der Waals surface area contributed by atoms with Crippen LogP contribution in [0.2, 0.25) is 0 Å². The van der Waals surface area contributed by atoms with Crippen molar-refractivity contribution in [1.29, 1.82) is 0 Å². The Hall–Kier alpha value is -3.38. The molecule has 3 aromatic rings. The number of rotatable bonds is 9. The van der Waals surface area contributed by atoms with E-state index in [0.29, 0.717) is 13.2 Å². The summed E-state index contributed by atoms with van der Waals surface area (Å²) < 4.78 is 5.53. The molecule has 2 aromatic heterocycles. The number of ether oxygens (including phenoxy) is 1. The number of benzene rings is 1. The molecule has 0 bridgehead atoms. The molecule has 144 valence electrons. The van der Waals surface area contributed by atoms with E-state index in [-0.39, 0.29) is 6.04 Å². The minimum atomic E-state index is 0.0333. The Balaban J connectivity index is 1.88. The zero-order valence-electron chi connectivity index (χ0n) is 16.0. The summed E-state index contributed by atoms with van der Waals surface area (Å²) in [4.78, 5) is 12.1. The maximum absolute atomic E-state index is 5.53. The van der Waals surface area contributed by atoms with Gasteiger partial charge in [0, 0.05) is 18.3 Å². The third kappa shape index (κ3) is 4.29. The molecule has 0 spiro atoms. The molecule has 0 unspecified atom stereocenters. The molecule has 4 N–H and O–H groups in total. The Morgan fingerprint density at radius 3 is 2.75 bits per heavy atom. The first-order valence-electron chi connectivity index (χ1n) is 9.15. The summed E-state index contributed by atoms with van der Waals surface area (Å²) in [6.07, 6.45) is 7.04. The van der Waals surface area contributed by atoms with Crippen LogP contribution in [-0.4, -0.2) is 34.1 Å². The van der Waals surface area contributed by atoms with Crippen molar-refractivity contribution in [2.75, 3.05) is 18.5 Å². The molecule has 6 nitrogen and oxygen atoms in total. The lowest BCUT2D eigenvalue weighted by molar-refractivity contribution is 0.328. The van der Waals surface area contributed by atoms with Gasteiger partial charge in [-0.3, -0.25) is 0 Å². The number of nitrogens with zero attached hydrogens (tertiary/aromatic N) is 2. The van der Waals surface area contributed by atoms with Crippen molar-refractivity contribution in [2.24, 2.45) is 5.73 Å². The molecule has 0 amide bonds. The van der Waals surface area contributed by atoms with E-state index >= 15 is 0 Å². The predicted octanol–water partition coefficient (Wildman–Crippen LogP) is 4.06. The second-order valence-corrected chi connectivity index (χ2v) is 6.30. The highest BCUT2D eigenvalue weighted by molar-refractivity contribution is 5.91. The van der Waals surface area contributed by atoms with Gasteiger partial charge in [-0.15, -0.1) is 0 Å². The number of hydrogen-bond donors (Lipinski definition) is 3. The lowest BCUT2D eigenvalue weighted by Crippen LogP contribution is -2.18. The van der Waals surface area contributed by atoms with Crippen molar-refractivity contribution in [2.45, 2.75) is 13.0 Å². The molecule has 0 radical (unpaired) electrons. The third-order valence-corrected chi connectivity index (χ3v) is 4.38. The molecule has 0 saturated heterocycles. The first kappa shape index (κ1) is 19.4. The van der Waals surface area contributed by atoms with Crippen molar-refractivity contribution >= 4 is 16.9 Å². The second-order valence-electron chi connectivity index (χ2n) is 6.30. The maximum atomic E-state index is 5.53. The fourth-order valence-corrected chi connectivity index (χ4v) is 2.93. The zero-order valence-corrected chi connectivity index (χ0v) is 16.0. The molecule has 28 heavy (non-hydrogen) atoms. The molecular formula is C22H25N5O. The van der Waals surface area contributed by atoms with E-state index < -0.39 is 0 Å². The van der Waals surface area contributed by atoms with Crippen LogP contribution < -0.4 is 15.8 Å². The smallest absolute Gasteiger partial charge is 0.143 e. The van der Waals surface area contributed by atoms with Gasteiger partial charge in [-0.05, 0) is 48.4 Å². The lowest BCUT2D eigenvalue weighted by Gasteiger charge is -2.15. The van der Waals surface area contributed by atoms with Gasteiger partial charge < -0.3 is 20.8 Å². The fourth-order valence-electron chi connectivity index (χ4n) is 2.93. The molecule has 0 aliphatic rings. The molecule has 1 atom stereocenters. The highest BCUT2D eigenvalue weighted by Gasteiger charge is 2.12. The number of H-pyrrole nitrogens is 1. The summed E-state index contributed by atoms with van der Waals surface area (Å²) in [5.74, 6) is 1.56. The third-order valence-electron chi connectivity index (χ3n) is 4.38. The SMILES string of the molecule is C=C/C=C(\C=C)[C@@H](C)Nc1ncnc2[nH]c(-c3ccc(OCCN)cc3)cc12. The number of allylic oxidation sites excluding steroid dienone is 2. The zero-order chi connectivity index (χ0) is 19.9. The van der Waals surface area contributed by atoms with Crippen LogP contribution >= 0.6 is 0 Å². The van der Waals surface area contributed by atoms with E-state index in [1.807, 2.05) is 42.5 Å². The van der Waals surface area contributed by atoms with E-state index in [2.05, 4.69) is 40.4 Å². The van der Waals surface area contributed by atoms with Crippen LogP contribution in [0.5, 0.6) is 5.75 Å². The average Bonchev–Trinajstić information content (AvgIpc) is 3.16. The highest BCUT2D eigenvalue weighted by Crippen LogP contribution is 2.28. The predicted molar refractivity (Wildman–Crippen MR) is 115 cm³/mol. The number of anilines is 1. The molecule has 0 saturated carbocycles. The van der Waals surface area contributed by atoms with Gasteiger partial charge in [0.05, 0.1) is 5.39 Å². The number of aromatic nitrogens is 3. The Morgan fingerprint density at radius 1 is 1.29 bits per heavy atom. The van der Waals surface area contributed by atoms with Crippen LogP contribution in [0.4, 0.5) is 5.82 Å². The summed E-state index contributed by atoms with van der Waals surface area (Å²) in [6.45, 7) is 10.7. The summed E-state index contributed by atoms with van der Waals surface area (Å²) in [5, 5.41) is 4.35. The second kappa shape index (κ2) is 9.01. The van der Waals surface area contributed by atoms with E-state index in [9.17, 15) is 0 Å². The number of nitrogens with one attached hydrogen (secondary N) is 2. The van der Waals surface area contributed by atoms with Crippen molar-refractivity contribution in [3.05, 3.63) is 73.6 Å². The Kier molecular flexibility index (Phi) is 6.24. The minimum Gasteiger partial charge on any atom is -0.492 e. The summed E-state index contributed by atoms with van der Waals surface area (Å²) in [7, 11) is 0. The Morgan fingerprint density at radius 2 is 2.07 bits per heavy atom. The van der Waals surface area contributed by atoms with Crippen LogP contribution in [0.15, 0.2) is 73.6 Å². The number of nitrogens with two attached hydrogens (primary N) is 1. The van der Waals surface area contributed by atoms with Gasteiger partial charge >= 0.3 is 0 Å². The van der Waals surface area contributed by atoms with Crippen LogP contribution in [0.3, 0.4) is 0 Å². The highest BCUT2D eigenvalue weighted by atomic mass is 16.5. The Bertz CT molecular complexity index is 988. The fraction of sp³-hybridized carbons (Fsp3) is 0.182. The summed E-state index contributed by atoms with van der Waals surface area (Å²) in [6, 6.07) is 9.95. The van der Waals surface area contributed by atoms with Crippen molar-refractivity contribution < 1.29 is 4.74 Å². The van der Waals surface area contributed by atoms with Crippen LogP contribution in [0.25, 0.3) is 22.3 Å². The monoisotopic (exact) mass is 375 g/mol. The van der Waals surface area contributed by atoms with Gasteiger partial charge in [-0.25, -0.2) is 9.97 Å². The van der Waals surface area contributed by atoms with E-state index in [0.717, 1.165) is 39.4 Å². The molecule has 0 aliphatic carbocycles. The largest absolute Gasteiger partial charge is 0.492 e. The number of fused-ring (bicyclic) bond motifs is 1. The maximum Gasteiger partial charge on any atom is 0.143 e. The molecule has 2 heterocycles. The molecule has 6 heteroatoms. The quantitative estimate of drug-likeness (QED) is 0.491. The van der Waals surface area contributed by atoms with Gasteiger partial charge in [0.15, 0.2) is 0 Å². The first-order valence-corrected chi connectivity index (χ1v) is 9.15. The summed E-state index contributed by atoms with van der Waals surface area (Å²) in [5.41, 5.74) is 9.28. The van der Waals surface area contributed by atoms with Gasteiger partial charge in [0.25, 0.3) is 0 Å². The Labute approximate surface area is 164 Å². The van der Waals surface area contributed by atoms with Gasteiger partial charge in [0.2, 0.25) is 0 Å². The van der Waals surface area contributed by atoms with Gasteiger partial charge in [-0.1, -0.05) is 31.4 Å². The van der Waals surface area contributed by atoms with Crippen LogP contribution in [0, 0.1) is 0 Å². The van der Waals surface area contributed by atoms with E-state index in [1.165, 1.54) is 0 Å². The standard InChI is InChI=1S/C22H25N5O/c1-4-6-16(5-2)15(3)26-21-19-13-20(27-22(19)25-14-24-21)17-7-9-18(10-8-17)28-12-11-23/h4-10,13-15H,1-2,11-12,23H2,3H3,(H2,24,25,26,27)/b16-6+/t15-/m1/s1. The average molecular weight is 375 g/mol. The minimum absolute atomic E-state index is 0.0333. The van der Waals surface area contributed by atoms with Crippen molar-refractivity contribution in [3.63, 3.8) is 0 Å². The van der Waals surface area contributed by atoms with Crippen molar-refractivity contribution in [3.8, 4) is 17.0 Å². The molecule has 3 rings (SSSR count). The van der Waals surface area contributed by atoms with Crippen molar-refractivity contribution in [1.82, 2.24) is 15.0 Å². The van der Waals surface area contributed by atoms with E-state index in [4.69, 9.17) is 10.5 Å². The molecule has 0 aliphatic heterocycles. The van der Waals surface area contributed by atoms with Crippen LogP contribution in [0.1, 0.15) is 6.92 Å². The van der Waals surface area contributed by atoms with E-state index in [1.54, 1.807) is 12.4 Å². The number of aromatic amines is 1. The van der Waals surface area contributed by atoms with Crippen LogP contribution in [-0.2, 0) is 0 Å². The normalized spacial score (nSPS) is 12.6. The number of hydrogen-bond acceptors (Lipinski definition) is 5. The topological polar surface area (TPSA) is 88.8 Å². The lowest BCUT2D eigenvalue weighted by atomic mass is 10.1. The molecule has 0 fully saturated rings. The summed E-state index contributed by atoms with van der Waals surface area (Å²) >= 11 is 0. The van der Waals surface area contributed by atoms with Gasteiger partial charge in [-0.2, -0.15) is 0 Å². The molecule has 1 aromatic carbocycles. The van der Waals surface area contributed by atoms with Gasteiger partial charge in [0.1, 0.15) is 30.1 Å². The molecular weight excluding hydrogens is 350 g/mol. The first-order chi connectivity index (χ1) is 13.7.